The van der Waals surface area contributed by atoms with Crippen LogP contribution in [0.4, 0.5) is 17.1 Å². The van der Waals surface area contributed by atoms with Gasteiger partial charge in [0, 0.05) is 17.1 Å². The highest BCUT2D eigenvalue weighted by Gasteiger charge is 2.17. The Morgan fingerprint density at radius 3 is 1.59 bits per heavy atom. The van der Waals surface area contributed by atoms with Crippen molar-refractivity contribution in [1.82, 2.24) is 0 Å². The molecule has 0 N–H and O–H groups in total. The van der Waals surface area contributed by atoms with Crippen LogP contribution >= 0.6 is 0 Å². The Balaban J connectivity index is 0.000000658. The third kappa shape index (κ3) is 8.34. The Morgan fingerprint density at radius 2 is 0.937 bits per heavy atom. The first-order chi connectivity index (χ1) is 30.9. The van der Waals surface area contributed by atoms with Gasteiger partial charge in [-0.15, -0.1) is 0 Å². The van der Waals surface area contributed by atoms with E-state index in [4.69, 9.17) is 0 Å². The van der Waals surface area contributed by atoms with Gasteiger partial charge in [0.25, 0.3) is 0 Å². The molecule has 1 heteroatoms. The third-order valence-corrected chi connectivity index (χ3v) is 12.3. The van der Waals surface area contributed by atoms with Gasteiger partial charge in [0.1, 0.15) is 0 Å². The molecule has 304 valence electrons. The van der Waals surface area contributed by atoms with Gasteiger partial charge in [-0.3, -0.25) is 0 Å². The molecule has 10 aromatic rings. The zero-order chi connectivity index (χ0) is 43.3. The molecule has 0 aromatic heterocycles. The summed E-state index contributed by atoms with van der Waals surface area (Å²) in [6.07, 6.45) is 6.07. The van der Waals surface area contributed by atoms with Crippen molar-refractivity contribution in [3.8, 4) is 33.4 Å². The lowest BCUT2D eigenvalue weighted by atomic mass is 9.90. The molecule has 0 fully saturated rings. The quantitative estimate of drug-likeness (QED) is 0.109. The Morgan fingerprint density at radius 1 is 0.381 bits per heavy atom. The standard InChI is InChI=1S/C55H43N.C7H8/c1-5-6-17-49-39(4)50-19-12-13-20-52(50)55-36-47(32-34-53(49)55)56(45-28-23-41(24-29-45)40-14-8-7-9-15-40)46-30-25-42(26-31-46)44-22-21-37(2)54(35-44)51-33-27-43-16-10-11-18-48(43)38(51)3;1-7-5-3-2-4-6-7/h5-36H,1H2,2-4H3;2-6H,1H3/b17-6-;. The predicted octanol–water partition coefficient (Wildman–Crippen LogP) is 17.7. The number of allylic oxidation sites excluding steroid dienone is 2. The lowest BCUT2D eigenvalue weighted by Crippen LogP contribution is -2.10. The molecular formula is C62H51N. The molecule has 0 aliphatic heterocycles. The highest BCUT2D eigenvalue weighted by atomic mass is 15.1. The van der Waals surface area contributed by atoms with Gasteiger partial charge < -0.3 is 4.90 Å². The number of hydrogen-bond acceptors (Lipinski definition) is 1. The SMILES string of the molecule is C=C/C=C\c1c(C)c2ccccc2c2cc(N(c3ccc(-c4ccccc4)cc3)c3ccc(-c4ccc(C)c(-c5ccc6ccccc6c5C)c4)cc3)ccc12.Cc1ccccc1. The fourth-order valence-corrected chi connectivity index (χ4v) is 8.93. The zero-order valence-corrected chi connectivity index (χ0v) is 36.5. The van der Waals surface area contributed by atoms with Crippen molar-refractivity contribution >= 4 is 55.5 Å². The topological polar surface area (TPSA) is 3.24 Å². The molecule has 0 saturated carbocycles. The van der Waals surface area contributed by atoms with Crippen molar-refractivity contribution in [2.45, 2.75) is 27.7 Å². The van der Waals surface area contributed by atoms with E-state index >= 15 is 0 Å². The van der Waals surface area contributed by atoms with Crippen LogP contribution in [0.1, 0.15) is 27.8 Å². The Bertz CT molecular complexity index is 3250. The van der Waals surface area contributed by atoms with Gasteiger partial charge in [0.15, 0.2) is 0 Å². The average Bonchev–Trinajstić information content (AvgIpc) is 3.33. The number of nitrogens with zero attached hydrogens (tertiary/aromatic N) is 1. The number of fused-ring (bicyclic) bond motifs is 4. The summed E-state index contributed by atoms with van der Waals surface area (Å²) in [6, 6.07) is 74.5. The second kappa shape index (κ2) is 18.1. The summed E-state index contributed by atoms with van der Waals surface area (Å²) < 4.78 is 0. The highest BCUT2D eigenvalue weighted by molar-refractivity contribution is 6.14. The van der Waals surface area contributed by atoms with Crippen LogP contribution in [0.25, 0.3) is 71.8 Å². The van der Waals surface area contributed by atoms with Crippen molar-refractivity contribution < 1.29 is 0 Å². The molecule has 0 radical (unpaired) electrons. The minimum Gasteiger partial charge on any atom is -0.310 e. The fraction of sp³-hybridized carbons (Fsp3) is 0.0645. The van der Waals surface area contributed by atoms with E-state index < -0.39 is 0 Å². The van der Waals surface area contributed by atoms with Crippen molar-refractivity contribution in [3.05, 3.63) is 253 Å². The maximum atomic E-state index is 3.94. The lowest BCUT2D eigenvalue weighted by Gasteiger charge is -2.27. The third-order valence-electron chi connectivity index (χ3n) is 12.3. The maximum absolute atomic E-state index is 3.94. The zero-order valence-electron chi connectivity index (χ0n) is 36.5. The molecule has 0 saturated heterocycles. The molecule has 0 spiro atoms. The van der Waals surface area contributed by atoms with Gasteiger partial charge >= 0.3 is 0 Å². The molecule has 0 amide bonds. The maximum Gasteiger partial charge on any atom is 0.0468 e. The van der Waals surface area contributed by atoms with E-state index in [0.717, 1.165) is 17.1 Å². The molecule has 1 nitrogen and oxygen atoms in total. The van der Waals surface area contributed by atoms with E-state index in [1.54, 1.807) is 0 Å². The number of aryl methyl sites for hydroxylation is 4. The van der Waals surface area contributed by atoms with Crippen LogP contribution in [0.3, 0.4) is 0 Å². The summed E-state index contributed by atoms with van der Waals surface area (Å²) in [5.41, 5.74) is 17.1. The smallest absolute Gasteiger partial charge is 0.0468 e. The largest absolute Gasteiger partial charge is 0.310 e. The normalized spacial score (nSPS) is 11.2. The predicted molar refractivity (Wildman–Crippen MR) is 275 cm³/mol. The highest BCUT2D eigenvalue weighted by Crippen LogP contribution is 2.42. The molecule has 0 atom stereocenters. The van der Waals surface area contributed by atoms with E-state index in [1.165, 1.54) is 93.5 Å². The number of rotatable bonds is 8. The van der Waals surface area contributed by atoms with Crippen LogP contribution in [-0.4, -0.2) is 0 Å². The van der Waals surface area contributed by atoms with Gasteiger partial charge in [0.2, 0.25) is 0 Å². The van der Waals surface area contributed by atoms with Gasteiger partial charge in [0.05, 0.1) is 0 Å². The van der Waals surface area contributed by atoms with Crippen molar-refractivity contribution in [2.75, 3.05) is 4.90 Å². The summed E-state index contributed by atoms with van der Waals surface area (Å²) in [4.78, 5) is 2.38. The van der Waals surface area contributed by atoms with Crippen LogP contribution in [0, 0.1) is 27.7 Å². The van der Waals surface area contributed by atoms with E-state index in [9.17, 15) is 0 Å². The second-order valence-electron chi connectivity index (χ2n) is 16.3. The van der Waals surface area contributed by atoms with E-state index in [0.29, 0.717) is 0 Å². The van der Waals surface area contributed by atoms with Gasteiger partial charge in [-0.2, -0.15) is 0 Å². The van der Waals surface area contributed by atoms with Crippen LogP contribution in [-0.2, 0) is 0 Å². The van der Waals surface area contributed by atoms with E-state index in [1.807, 2.05) is 30.4 Å². The molecule has 0 heterocycles. The minimum atomic E-state index is 1.10. The molecule has 0 bridgehead atoms. The first-order valence-corrected chi connectivity index (χ1v) is 21.8. The van der Waals surface area contributed by atoms with Gasteiger partial charge in [-0.1, -0.05) is 194 Å². The van der Waals surface area contributed by atoms with Crippen LogP contribution in [0.15, 0.2) is 225 Å². The molecule has 0 aliphatic rings. The Labute approximate surface area is 372 Å². The monoisotopic (exact) mass is 809 g/mol. The van der Waals surface area contributed by atoms with Gasteiger partial charge in [-0.25, -0.2) is 0 Å². The summed E-state index contributed by atoms with van der Waals surface area (Å²) in [5, 5.41) is 7.56. The van der Waals surface area contributed by atoms with Crippen LogP contribution < -0.4 is 4.90 Å². The fourth-order valence-electron chi connectivity index (χ4n) is 8.93. The Kier molecular flexibility index (Phi) is 11.7. The minimum absolute atomic E-state index is 1.10. The molecule has 0 aliphatic carbocycles. The number of hydrogen-bond donors (Lipinski definition) is 0. The molecule has 63 heavy (non-hydrogen) atoms. The van der Waals surface area contributed by atoms with Crippen LogP contribution in [0.5, 0.6) is 0 Å². The molecular weight excluding hydrogens is 759 g/mol. The van der Waals surface area contributed by atoms with Crippen molar-refractivity contribution in [1.29, 1.82) is 0 Å². The number of benzene rings is 10. The van der Waals surface area contributed by atoms with E-state index in [-0.39, 0.29) is 0 Å². The Hall–Kier alpha value is -7.74. The summed E-state index contributed by atoms with van der Waals surface area (Å²) >= 11 is 0. The number of anilines is 3. The lowest BCUT2D eigenvalue weighted by molar-refractivity contribution is 1.29. The molecule has 10 aromatic carbocycles. The van der Waals surface area contributed by atoms with Crippen LogP contribution in [0.2, 0.25) is 0 Å². The summed E-state index contributed by atoms with van der Waals surface area (Å²) in [7, 11) is 0. The first-order valence-electron chi connectivity index (χ1n) is 21.8. The van der Waals surface area contributed by atoms with Crippen molar-refractivity contribution in [2.24, 2.45) is 0 Å². The molecule has 0 unspecified atom stereocenters. The molecule has 10 rings (SSSR count). The second-order valence-corrected chi connectivity index (χ2v) is 16.3. The van der Waals surface area contributed by atoms with E-state index in [2.05, 4.69) is 233 Å². The summed E-state index contributed by atoms with van der Waals surface area (Å²) in [6.45, 7) is 12.7. The summed E-state index contributed by atoms with van der Waals surface area (Å²) in [5.74, 6) is 0. The van der Waals surface area contributed by atoms with Crippen molar-refractivity contribution in [3.63, 3.8) is 0 Å². The first kappa shape index (κ1) is 40.7. The average molecular weight is 810 g/mol. The van der Waals surface area contributed by atoms with Gasteiger partial charge in [-0.05, 0) is 158 Å².